The molecule has 102 valence electrons. The van der Waals surface area contributed by atoms with Crippen molar-refractivity contribution in [2.24, 2.45) is 5.92 Å². The van der Waals surface area contributed by atoms with Crippen LogP contribution in [0.1, 0.15) is 27.2 Å². The van der Waals surface area contributed by atoms with Crippen LogP contribution in [0.2, 0.25) is 0 Å². The number of hydrogen-bond donors (Lipinski definition) is 0. The molecule has 2 aliphatic heterocycles. The molecule has 0 radical (unpaired) electrons. The van der Waals surface area contributed by atoms with Crippen molar-refractivity contribution in [2.75, 3.05) is 25.4 Å². The minimum atomic E-state index is -0.116. The maximum Gasteiger partial charge on any atom is 0.228 e. The summed E-state index contributed by atoms with van der Waals surface area (Å²) in [6, 6.07) is 0.280. The van der Waals surface area contributed by atoms with E-state index >= 15 is 0 Å². The first-order valence-corrected chi connectivity index (χ1v) is 7.79. The summed E-state index contributed by atoms with van der Waals surface area (Å²) in [4.78, 5) is 28.0. The van der Waals surface area contributed by atoms with Gasteiger partial charge in [-0.1, -0.05) is 6.92 Å². The molecule has 18 heavy (non-hydrogen) atoms. The van der Waals surface area contributed by atoms with Gasteiger partial charge in [0.25, 0.3) is 0 Å². The lowest BCUT2D eigenvalue weighted by atomic mass is 10.1. The van der Waals surface area contributed by atoms with Gasteiger partial charge in [-0.25, -0.2) is 0 Å². The summed E-state index contributed by atoms with van der Waals surface area (Å²) in [5.74, 6) is 1.20. The highest BCUT2D eigenvalue weighted by atomic mass is 32.2. The molecule has 0 N–H and O–H groups in total. The second kappa shape index (κ2) is 5.51. The average Bonchev–Trinajstić information content (AvgIpc) is 2.73. The Bertz CT molecular complexity index is 348. The molecular formula is C13H22N2O2S. The molecule has 2 amide bonds. The van der Waals surface area contributed by atoms with Crippen molar-refractivity contribution in [3.63, 3.8) is 0 Å². The Morgan fingerprint density at radius 2 is 2.17 bits per heavy atom. The van der Waals surface area contributed by atoms with Gasteiger partial charge in [-0.2, -0.15) is 11.8 Å². The van der Waals surface area contributed by atoms with E-state index in [2.05, 4.69) is 13.8 Å². The van der Waals surface area contributed by atoms with Crippen molar-refractivity contribution in [1.29, 1.82) is 0 Å². The molecule has 0 spiro atoms. The normalized spacial score (nSPS) is 33.1. The van der Waals surface area contributed by atoms with Crippen molar-refractivity contribution in [3.8, 4) is 0 Å². The minimum absolute atomic E-state index is 0.116. The molecule has 0 aromatic carbocycles. The summed E-state index contributed by atoms with van der Waals surface area (Å²) in [5, 5.41) is 0.488. The highest BCUT2D eigenvalue weighted by molar-refractivity contribution is 8.00. The first-order valence-electron chi connectivity index (χ1n) is 6.74. The van der Waals surface area contributed by atoms with E-state index in [-0.39, 0.29) is 23.8 Å². The maximum absolute atomic E-state index is 12.5. The highest BCUT2D eigenvalue weighted by Crippen LogP contribution is 2.28. The van der Waals surface area contributed by atoms with E-state index in [1.54, 1.807) is 4.90 Å². The molecule has 2 aliphatic rings. The Morgan fingerprint density at radius 3 is 2.78 bits per heavy atom. The summed E-state index contributed by atoms with van der Waals surface area (Å²) in [7, 11) is 0. The SMILES string of the molecule is CCN1CC(C(=O)N2CCSC(C)C2C)CC1=O. The molecule has 5 heteroatoms. The third kappa shape index (κ3) is 2.51. The largest absolute Gasteiger partial charge is 0.342 e. The quantitative estimate of drug-likeness (QED) is 0.757. The Balaban J connectivity index is 2.01. The molecule has 0 aromatic heterocycles. The molecule has 2 rings (SSSR count). The van der Waals surface area contributed by atoms with Crippen molar-refractivity contribution in [1.82, 2.24) is 9.80 Å². The number of thioether (sulfide) groups is 1. The van der Waals surface area contributed by atoms with Gasteiger partial charge in [-0.3, -0.25) is 9.59 Å². The molecular weight excluding hydrogens is 248 g/mol. The second-order valence-electron chi connectivity index (χ2n) is 5.18. The van der Waals surface area contributed by atoms with Crippen LogP contribution in [-0.2, 0) is 9.59 Å². The van der Waals surface area contributed by atoms with Gasteiger partial charge >= 0.3 is 0 Å². The molecule has 0 bridgehead atoms. The standard InChI is InChI=1S/C13H22N2O2S/c1-4-14-8-11(7-12(14)16)13(17)15-5-6-18-10(3)9(15)2/h9-11H,4-8H2,1-3H3. The van der Waals surface area contributed by atoms with E-state index < -0.39 is 0 Å². The predicted octanol–water partition coefficient (Wildman–Crippen LogP) is 1.21. The second-order valence-corrected chi connectivity index (χ2v) is 6.67. The van der Waals surface area contributed by atoms with E-state index in [1.807, 2.05) is 23.6 Å². The van der Waals surface area contributed by atoms with E-state index in [0.717, 1.165) is 12.3 Å². The Labute approximate surface area is 113 Å². The summed E-state index contributed by atoms with van der Waals surface area (Å²) in [6.45, 7) is 8.40. The van der Waals surface area contributed by atoms with Crippen LogP contribution in [0.3, 0.4) is 0 Å². The van der Waals surface area contributed by atoms with Gasteiger partial charge in [-0.15, -0.1) is 0 Å². The van der Waals surface area contributed by atoms with Gasteiger partial charge in [-0.05, 0) is 13.8 Å². The van der Waals surface area contributed by atoms with Crippen LogP contribution in [0, 0.1) is 5.92 Å². The fourth-order valence-corrected chi connectivity index (χ4v) is 3.82. The van der Waals surface area contributed by atoms with E-state index in [9.17, 15) is 9.59 Å². The lowest BCUT2D eigenvalue weighted by molar-refractivity contribution is -0.137. The lowest BCUT2D eigenvalue weighted by Crippen LogP contribution is -2.50. The number of hydrogen-bond acceptors (Lipinski definition) is 3. The predicted molar refractivity (Wildman–Crippen MR) is 73.5 cm³/mol. The smallest absolute Gasteiger partial charge is 0.228 e. The first kappa shape index (κ1) is 13.7. The first-order chi connectivity index (χ1) is 8.54. The number of rotatable bonds is 2. The third-order valence-corrected chi connectivity index (χ3v) is 5.45. The molecule has 4 nitrogen and oxygen atoms in total. The zero-order valence-corrected chi connectivity index (χ0v) is 12.2. The molecule has 3 atom stereocenters. The molecule has 0 saturated carbocycles. The number of carbonyl (C=O) groups excluding carboxylic acids is 2. The number of carbonyl (C=O) groups is 2. The van der Waals surface area contributed by atoms with Crippen molar-refractivity contribution in [2.45, 2.75) is 38.5 Å². The van der Waals surface area contributed by atoms with Gasteiger partial charge < -0.3 is 9.80 Å². The zero-order valence-electron chi connectivity index (χ0n) is 11.4. The maximum atomic E-state index is 12.5. The Kier molecular flexibility index (Phi) is 4.20. The topological polar surface area (TPSA) is 40.6 Å². The van der Waals surface area contributed by atoms with Crippen LogP contribution in [-0.4, -0.2) is 58.3 Å². The van der Waals surface area contributed by atoms with Gasteiger partial charge in [0.05, 0.1) is 5.92 Å². The van der Waals surface area contributed by atoms with Gasteiger partial charge in [0.2, 0.25) is 11.8 Å². The van der Waals surface area contributed by atoms with Gasteiger partial charge in [0, 0.05) is 43.1 Å². The summed E-state index contributed by atoms with van der Waals surface area (Å²) >= 11 is 1.92. The summed E-state index contributed by atoms with van der Waals surface area (Å²) in [6.07, 6.45) is 0.400. The van der Waals surface area contributed by atoms with Crippen molar-refractivity contribution >= 4 is 23.6 Å². The Morgan fingerprint density at radius 1 is 1.44 bits per heavy atom. The lowest BCUT2D eigenvalue weighted by Gasteiger charge is -2.38. The molecule has 0 aromatic rings. The van der Waals surface area contributed by atoms with Crippen molar-refractivity contribution < 1.29 is 9.59 Å². The van der Waals surface area contributed by atoms with Gasteiger partial charge in [0.1, 0.15) is 0 Å². The minimum Gasteiger partial charge on any atom is -0.342 e. The van der Waals surface area contributed by atoms with E-state index in [4.69, 9.17) is 0 Å². The van der Waals surface area contributed by atoms with Crippen LogP contribution in [0.5, 0.6) is 0 Å². The molecule has 2 fully saturated rings. The average molecular weight is 270 g/mol. The summed E-state index contributed by atoms with van der Waals surface area (Å²) in [5.41, 5.74) is 0. The number of amides is 2. The number of likely N-dealkylation sites (tertiary alicyclic amines) is 1. The fourth-order valence-electron chi connectivity index (χ4n) is 2.72. The third-order valence-electron chi connectivity index (χ3n) is 4.11. The fraction of sp³-hybridized carbons (Fsp3) is 0.846. The van der Waals surface area contributed by atoms with Crippen molar-refractivity contribution in [3.05, 3.63) is 0 Å². The van der Waals surface area contributed by atoms with Crippen LogP contribution in [0.15, 0.2) is 0 Å². The van der Waals surface area contributed by atoms with Crippen LogP contribution in [0.4, 0.5) is 0 Å². The summed E-state index contributed by atoms with van der Waals surface area (Å²) < 4.78 is 0. The molecule has 3 unspecified atom stereocenters. The Hall–Kier alpha value is -0.710. The monoisotopic (exact) mass is 270 g/mol. The highest BCUT2D eigenvalue weighted by Gasteiger charge is 2.38. The number of nitrogens with zero attached hydrogens (tertiary/aromatic N) is 2. The molecule has 2 heterocycles. The van der Waals surface area contributed by atoms with Crippen LogP contribution < -0.4 is 0 Å². The zero-order chi connectivity index (χ0) is 13.3. The van der Waals surface area contributed by atoms with Crippen LogP contribution in [0.25, 0.3) is 0 Å². The van der Waals surface area contributed by atoms with Gasteiger partial charge in [0.15, 0.2) is 0 Å². The molecule has 2 saturated heterocycles. The van der Waals surface area contributed by atoms with E-state index in [1.165, 1.54) is 0 Å². The van der Waals surface area contributed by atoms with E-state index in [0.29, 0.717) is 24.8 Å². The molecule has 0 aliphatic carbocycles. The van der Waals surface area contributed by atoms with Crippen LogP contribution >= 0.6 is 11.8 Å².